The van der Waals surface area contributed by atoms with Gasteiger partial charge >= 0.3 is 0 Å². The molecule has 6 rings (SSSR count). The number of fused-ring (bicyclic) bond motifs is 3. The van der Waals surface area contributed by atoms with Crippen LogP contribution in [-0.2, 0) is 17.6 Å². The molecule has 31 heavy (non-hydrogen) atoms. The molecular weight excluding hydrogens is 388 g/mol. The van der Waals surface area contributed by atoms with Gasteiger partial charge in [0.2, 0.25) is 5.91 Å². The number of pyridine rings is 1. The second kappa shape index (κ2) is 6.98. The SMILES string of the molecule is O=C1CCc2cc(-c3ccc4nnc(Cc5ccc6ncccc6c5)n4n3)ccc2N1. The van der Waals surface area contributed by atoms with Gasteiger partial charge in [0.25, 0.3) is 0 Å². The van der Waals surface area contributed by atoms with Crippen molar-refractivity contribution < 1.29 is 4.79 Å². The fourth-order valence-electron chi connectivity index (χ4n) is 4.06. The molecule has 0 fully saturated rings. The Hall–Kier alpha value is -4.13. The molecule has 150 valence electrons. The van der Waals surface area contributed by atoms with Crippen LogP contribution < -0.4 is 5.32 Å². The maximum Gasteiger partial charge on any atom is 0.224 e. The third kappa shape index (κ3) is 3.20. The standard InChI is InChI=1S/C24H18N6O/c31-24-10-5-17-14-18(4-7-20(17)26-24)21-8-9-22-27-28-23(30(22)29-21)13-15-3-6-19-16(12-15)2-1-11-25-19/h1-4,6-9,11-12,14H,5,10,13H2,(H,26,31). The molecule has 0 aliphatic carbocycles. The summed E-state index contributed by atoms with van der Waals surface area (Å²) < 4.78 is 1.81. The van der Waals surface area contributed by atoms with Gasteiger partial charge in [0, 0.05) is 35.7 Å². The van der Waals surface area contributed by atoms with Gasteiger partial charge < -0.3 is 5.32 Å². The van der Waals surface area contributed by atoms with Gasteiger partial charge in [-0.2, -0.15) is 9.61 Å². The Morgan fingerprint density at radius 3 is 2.90 bits per heavy atom. The second-order valence-electron chi connectivity index (χ2n) is 7.73. The number of rotatable bonds is 3. The molecule has 1 amide bonds. The normalized spacial score (nSPS) is 13.4. The molecule has 1 aliphatic heterocycles. The smallest absolute Gasteiger partial charge is 0.224 e. The molecular formula is C24H18N6O. The minimum atomic E-state index is 0.0680. The van der Waals surface area contributed by atoms with Gasteiger partial charge in [0.05, 0.1) is 11.2 Å². The fourth-order valence-corrected chi connectivity index (χ4v) is 4.06. The van der Waals surface area contributed by atoms with Gasteiger partial charge in [-0.1, -0.05) is 18.2 Å². The van der Waals surface area contributed by atoms with E-state index in [1.54, 1.807) is 6.20 Å². The van der Waals surface area contributed by atoms with Gasteiger partial charge in [-0.05, 0) is 60.0 Å². The van der Waals surface area contributed by atoms with E-state index in [4.69, 9.17) is 5.10 Å². The third-order valence-electron chi connectivity index (χ3n) is 5.65. The van der Waals surface area contributed by atoms with Crippen molar-refractivity contribution in [3.63, 3.8) is 0 Å². The number of aryl methyl sites for hydroxylation is 1. The Morgan fingerprint density at radius 2 is 1.94 bits per heavy atom. The summed E-state index contributed by atoms with van der Waals surface area (Å²) in [5.41, 5.74) is 6.69. The number of nitrogens with one attached hydrogen (secondary N) is 1. The van der Waals surface area contributed by atoms with E-state index in [1.807, 2.05) is 40.9 Å². The summed E-state index contributed by atoms with van der Waals surface area (Å²) in [5.74, 6) is 0.851. The highest BCUT2D eigenvalue weighted by atomic mass is 16.1. The van der Waals surface area contributed by atoms with Crippen LogP contribution in [0.2, 0.25) is 0 Å². The lowest BCUT2D eigenvalue weighted by Crippen LogP contribution is -2.18. The summed E-state index contributed by atoms with van der Waals surface area (Å²) in [5, 5.41) is 17.5. The Kier molecular flexibility index (Phi) is 3.99. The Labute approximate surface area is 177 Å². The molecule has 0 saturated heterocycles. The minimum Gasteiger partial charge on any atom is -0.326 e. The number of carbonyl (C=O) groups excluding carboxylic acids is 1. The summed E-state index contributed by atoms with van der Waals surface area (Å²) >= 11 is 0. The molecule has 0 bridgehead atoms. The Bertz CT molecular complexity index is 1470. The quantitative estimate of drug-likeness (QED) is 0.492. The Balaban J connectivity index is 1.36. The van der Waals surface area contributed by atoms with Gasteiger partial charge in [0.15, 0.2) is 11.5 Å². The molecule has 0 atom stereocenters. The summed E-state index contributed by atoms with van der Waals surface area (Å²) in [7, 11) is 0. The summed E-state index contributed by atoms with van der Waals surface area (Å²) in [6.07, 6.45) is 3.68. The van der Waals surface area contributed by atoms with E-state index in [-0.39, 0.29) is 5.91 Å². The van der Waals surface area contributed by atoms with E-state index in [0.29, 0.717) is 18.5 Å². The maximum absolute atomic E-state index is 11.6. The second-order valence-corrected chi connectivity index (χ2v) is 7.73. The highest BCUT2D eigenvalue weighted by molar-refractivity contribution is 5.94. The lowest BCUT2D eigenvalue weighted by molar-refractivity contribution is -0.116. The van der Waals surface area contributed by atoms with Crippen molar-refractivity contribution in [2.45, 2.75) is 19.3 Å². The zero-order chi connectivity index (χ0) is 20.8. The van der Waals surface area contributed by atoms with Crippen molar-refractivity contribution in [3.8, 4) is 11.3 Å². The van der Waals surface area contributed by atoms with Gasteiger partial charge in [-0.25, -0.2) is 0 Å². The first-order chi connectivity index (χ1) is 15.2. The fraction of sp³-hybridized carbons (Fsp3) is 0.125. The topological polar surface area (TPSA) is 85.1 Å². The molecule has 7 heteroatoms. The van der Waals surface area contributed by atoms with E-state index in [9.17, 15) is 4.79 Å². The summed E-state index contributed by atoms with van der Waals surface area (Å²) in [6, 6.07) is 20.1. The van der Waals surface area contributed by atoms with E-state index in [0.717, 1.165) is 51.2 Å². The molecule has 3 aromatic heterocycles. The van der Waals surface area contributed by atoms with Crippen molar-refractivity contribution in [1.82, 2.24) is 24.8 Å². The van der Waals surface area contributed by atoms with Crippen LogP contribution in [0.4, 0.5) is 5.69 Å². The molecule has 0 unspecified atom stereocenters. The van der Waals surface area contributed by atoms with Crippen molar-refractivity contribution in [2.24, 2.45) is 0 Å². The average Bonchev–Trinajstić information content (AvgIpc) is 3.20. The largest absolute Gasteiger partial charge is 0.326 e. The predicted octanol–water partition coefficient (Wildman–Crippen LogP) is 3.82. The predicted molar refractivity (Wildman–Crippen MR) is 118 cm³/mol. The number of nitrogens with zero attached hydrogens (tertiary/aromatic N) is 5. The average molecular weight is 406 g/mol. The number of amides is 1. The van der Waals surface area contributed by atoms with Crippen molar-refractivity contribution >= 4 is 28.1 Å². The van der Waals surface area contributed by atoms with Gasteiger partial charge in [-0.3, -0.25) is 9.78 Å². The van der Waals surface area contributed by atoms with E-state index >= 15 is 0 Å². The lowest BCUT2D eigenvalue weighted by Gasteiger charge is -2.17. The van der Waals surface area contributed by atoms with Crippen molar-refractivity contribution in [1.29, 1.82) is 0 Å². The highest BCUT2D eigenvalue weighted by Crippen LogP contribution is 2.28. The van der Waals surface area contributed by atoms with Crippen LogP contribution in [0.1, 0.15) is 23.4 Å². The first kappa shape index (κ1) is 17.7. The molecule has 1 aliphatic rings. The van der Waals surface area contributed by atoms with Crippen LogP contribution in [0.15, 0.2) is 66.9 Å². The number of aromatic nitrogens is 5. The van der Waals surface area contributed by atoms with Crippen molar-refractivity contribution in [2.75, 3.05) is 5.32 Å². The van der Waals surface area contributed by atoms with E-state index in [2.05, 4.69) is 44.8 Å². The number of anilines is 1. The number of benzene rings is 2. The highest BCUT2D eigenvalue weighted by Gasteiger charge is 2.16. The maximum atomic E-state index is 11.6. The number of hydrogen-bond donors (Lipinski definition) is 1. The molecule has 2 aromatic carbocycles. The van der Waals surface area contributed by atoms with Crippen LogP contribution in [-0.4, -0.2) is 30.7 Å². The van der Waals surface area contributed by atoms with Gasteiger partial charge in [-0.15, -0.1) is 10.2 Å². The number of carbonyl (C=O) groups is 1. The van der Waals surface area contributed by atoms with Crippen molar-refractivity contribution in [3.05, 3.63) is 83.8 Å². The minimum absolute atomic E-state index is 0.0680. The first-order valence-corrected chi connectivity index (χ1v) is 10.2. The molecule has 0 spiro atoms. The van der Waals surface area contributed by atoms with Crippen LogP contribution in [0, 0.1) is 0 Å². The van der Waals surface area contributed by atoms with Crippen LogP contribution in [0.25, 0.3) is 27.8 Å². The lowest BCUT2D eigenvalue weighted by atomic mass is 9.99. The molecule has 7 nitrogen and oxygen atoms in total. The van der Waals surface area contributed by atoms with Crippen LogP contribution in [0.3, 0.4) is 0 Å². The monoisotopic (exact) mass is 406 g/mol. The van der Waals surface area contributed by atoms with Crippen LogP contribution in [0.5, 0.6) is 0 Å². The molecule has 0 radical (unpaired) electrons. The molecule has 5 aromatic rings. The zero-order valence-electron chi connectivity index (χ0n) is 16.6. The molecule has 4 heterocycles. The summed E-state index contributed by atoms with van der Waals surface area (Å²) in [6.45, 7) is 0. The van der Waals surface area contributed by atoms with E-state index < -0.39 is 0 Å². The zero-order valence-corrected chi connectivity index (χ0v) is 16.6. The third-order valence-corrected chi connectivity index (χ3v) is 5.65. The number of hydrogen-bond acceptors (Lipinski definition) is 5. The van der Waals surface area contributed by atoms with Gasteiger partial charge in [0.1, 0.15) is 0 Å². The molecule has 1 N–H and O–H groups in total. The van der Waals surface area contributed by atoms with E-state index in [1.165, 1.54) is 0 Å². The first-order valence-electron chi connectivity index (χ1n) is 10.2. The Morgan fingerprint density at radius 1 is 0.968 bits per heavy atom. The molecule has 0 saturated carbocycles. The van der Waals surface area contributed by atoms with Crippen LogP contribution >= 0.6 is 0 Å². The summed E-state index contributed by atoms with van der Waals surface area (Å²) in [4.78, 5) is 16.0.